The summed E-state index contributed by atoms with van der Waals surface area (Å²) in [4.78, 5) is 17.8. The van der Waals surface area contributed by atoms with Gasteiger partial charge in [-0.2, -0.15) is 0 Å². The largest absolute Gasteiger partial charge is 0.495 e. The number of amides is 1. The van der Waals surface area contributed by atoms with E-state index in [1.807, 2.05) is 54.6 Å². The number of anilines is 1. The normalized spacial score (nSPS) is 10.9. The van der Waals surface area contributed by atoms with Gasteiger partial charge in [-0.25, -0.2) is 4.98 Å². The van der Waals surface area contributed by atoms with Crippen molar-refractivity contribution in [3.63, 3.8) is 0 Å². The van der Waals surface area contributed by atoms with Gasteiger partial charge in [-0.15, -0.1) is 11.3 Å². The van der Waals surface area contributed by atoms with Gasteiger partial charge >= 0.3 is 0 Å². The molecule has 1 aromatic heterocycles. The molecular formula is C26H17BrClN3O2S2. The highest BCUT2D eigenvalue weighted by Gasteiger charge is 2.19. The maximum Gasteiger partial charge on any atom is 0.261 e. The van der Waals surface area contributed by atoms with Crippen molar-refractivity contribution >= 4 is 88.8 Å². The van der Waals surface area contributed by atoms with Gasteiger partial charge in [0.1, 0.15) is 10.8 Å². The minimum Gasteiger partial charge on any atom is -0.495 e. The fourth-order valence-corrected chi connectivity index (χ4v) is 5.95. The number of benzene rings is 4. The van der Waals surface area contributed by atoms with Crippen molar-refractivity contribution in [1.29, 1.82) is 0 Å². The molecule has 0 fully saturated rings. The first-order valence-electron chi connectivity index (χ1n) is 10.5. The number of nitrogens with zero attached hydrogens (tertiary/aromatic N) is 1. The van der Waals surface area contributed by atoms with Gasteiger partial charge in [0.25, 0.3) is 5.91 Å². The van der Waals surface area contributed by atoms with E-state index in [0.29, 0.717) is 26.5 Å². The zero-order valence-corrected chi connectivity index (χ0v) is 22.2. The molecule has 0 aliphatic carbocycles. The van der Waals surface area contributed by atoms with Crippen LogP contribution in [0.15, 0.2) is 77.3 Å². The van der Waals surface area contributed by atoms with Crippen LogP contribution in [0, 0.1) is 0 Å². The number of para-hydroxylation sites is 1. The molecule has 0 radical (unpaired) electrons. The molecule has 0 aliphatic heterocycles. The number of carbonyl (C=O) groups excluding carboxylic acids is 1. The van der Waals surface area contributed by atoms with E-state index in [4.69, 9.17) is 28.6 Å². The zero-order chi connectivity index (χ0) is 24.5. The van der Waals surface area contributed by atoms with E-state index in [1.165, 1.54) is 7.11 Å². The van der Waals surface area contributed by atoms with Crippen LogP contribution < -0.4 is 15.4 Å². The molecule has 1 heterocycles. The lowest BCUT2D eigenvalue weighted by Gasteiger charge is -2.15. The molecule has 1 amide bonds. The van der Waals surface area contributed by atoms with E-state index in [-0.39, 0.29) is 11.0 Å². The molecule has 0 unspecified atom stereocenters. The third-order valence-corrected chi connectivity index (χ3v) is 7.76. The SMILES string of the molecule is COc1c(C(=O)NC(=S)Nc2ccc(Cl)c(-c3nc4ccccc4s3)c2)cc2ccccc2c1Br. The predicted octanol–water partition coefficient (Wildman–Crippen LogP) is 7.67. The molecule has 9 heteroatoms. The van der Waals surface area contributed by atoms with E-state index >= 15 is 0 Å². The summed E-state index contributed by atoms with van der Waals surface area (Å²) in [6.07, 6.45) is 0. The summed E-state index contributed by atoms with van der Waals surface area (Å²) in [5.74, 6) is 0.0554. The second kappa shape index (κ2) is 9.91. The summed E-state index contributed by atoms with van der Waals surface area (Å²) >= 11 is 17.0. The smallest absolute Gasteiger partial charge is 0.261 e. The lowest BCUT2D eigenvalue weighted by Crippen LogP contribution is -2.34. The summed E-state index contributed by atoms with van der Waals surface area (Å²) in [5.41, 5.74) is 2.75. The number of rotatable bonds is 4. The Kier molecular flexibility index (Phi) is 6.71. The predicted molar refractivity (Wildman–Crippen MR) is 152 cm³/mol. The lowest BCUT2D eigenvalue weighted by atomic mass is 10.1. The van der Waals surface area contributed by atoms with E-state index in [0.717, 1.165) is 31.6 Å². The monoisotopic (exact) mass is 581 g/mol. The number of thiazole rings is 1. The number of nitrogens with one attached hydrogen (secondary N) is 2. The summed E-state index contributed by atoms with van der Waals surface area (Å²) < 4.78 is 7.30. The van der Waals surface area contributed by atoms with Gasteiger partial charge in [0.15, 0.2) is 5.11 Å². The number of halogens is 2. The fraction of sp³-hybridized carbons (Fsp3) is 0.0385. The average Bonchev–Trinajstić information content (AvgIpc) is 3.29. The molecule has 0 saturated heterocycles. The number of fused-ring (bicyclic) bond motifs is 2. The number of aromatic nitrogens is 1. The Morgan fingerprint density at radius 2 is 1.86 bits per heavy atom. The Labute approximate surface area is 224 Å². The van der Waals surface area contributed by atoms with Gasteiger partial charge in [-0.05, 0) is 75.3 Å². The van der Waals surface area contributed by atoms with Crippen LogP contribution >= 0.6 is 51.1 Å². The maximum atomic E-state index is 13.1. The van der Waals surface area contributed by atoms with Crippen molar-refractivity contribution in [2.45, 2.75) is 0 Å². The Morgan fingerprint density at radius 3 is 2.66 bits per heavy atom. The van der Waals surface area contributed by atoms with Gasteiger partial charge in [0.2, 0.25) is 0 Å². The summed E-state index contributed by atoms with van der Waals surface area (Å²) in [7, 11) is 1.53. The number of hydrogen-bond acceptors (Lipinski definition) is 5. The zero-order valence-electron chi connectivity index (χ0n) is 18.3. The fourth-order valence-electron chi connectivity index (χ4n) is 3.74. The molecule has 0 aliphatic rings. The van der Waals surface area contributed by atoms with Crippen LogP contribution in [-0.2, 0) is 0 Å². The molecule has 0 spiro atoms. The Hall–Kier alpha value is -3.04. The summed E-state index contributed by atoms with van der Waals surface area (Å²) in [6, 6.07) is 22.9. The van der Waals surface area contributed by atoms with Crippen LogP contribution in [0.5, 0.6) is 5.75 Å². The Bertz CT molecular complexity index is 1590. The maximum absolute atomic E-state index is 13.1. The molecule has 5 aromatic rings. The van der Waals surface area contributed by atoms with Crippen LogP contribution in [0.2, 0.25) is 5.02 Å². The van der Waals surface area contributed by atoms with E-state index in [9.17, 15) is 4.79 Å². The molecular weight excluding hydrogens is 566 g/mol. The van der Waals surface area contributed by atoms with Crippen LogP contribution in [0.3, 0.4) is 0 Å². The molecule has 5 rings (SSSR count). The van der Waals surface area contributed by atoms with E-state index in [1.54, 1.807) is 29.5 Å². The number of hydrogen-bond donors (Lipinski definition) is 2. The molecule has 174 valence electrons. The number of methoxy groups -OCH3 is 1. The minimum absolute atomic E-state index is 0.152. The summed E-state index contributed by atoms with van der Waals surface area (Å²) in [5, 5.41) is 9.20. The van der Waals surface area contributed by atoms with Crippen LogP contribution in [-0.4, -0.2) is 23.1 Å². The minimum atomic E-state index is -0.383. The standard InChI is InChI=1S/C26H17BrClN3O2S2/c1-33-23-18(12-14-6-2-3-7-16(14)22(23)27)24(32)31-26(34)29-15-10-11-19(28)17(13-15)25-30-20-8-4-5-9-21(20)35-25/h2-13H,1H3,(H2,29,31,32,34). The quantitative estimate of drug-likeness (QED) is 0.213. The Morgan fingerprint density at radius 1 is 1.09 bits per heavy atom. The first-order chi connectivity index (χ1) is 16.9. The van der Waals surface area contributed by atoms with Gasteiger partial charge in [-0.3, -0.25) is 10.1 Å². The van der Waals surface area contributed by atoms with Crippen LogP contribution in [0.25, 0.3) is 31.6 Å². The van der Waals surface area contributed by atoms with Crippen molar-refractivity contribution < 1.29 is 9.53 Å². The van der Waals surface area contributed by atoms with Crippen LogP contribution in [0.4, 0.5) is 5.69 Å². The first-order valence-corrected chi connectivity index (χ1v) is 12.9. The van der Waals surface area contributed by atoms with Crippen molar-refractivity contribution in [2.75, 3.05) is 12.4 Å². The van der Waals surface area contributed by atoms with E-state index < -0.39 is 0 Å². The number of thiocarbonyl (C=S) groups is 1. The third-order valence-electron chi connectivity index (χ3n) is 5.37. The summed E-state index contributed by atoms with van der Waals surface area (Å²) in [6.45, 7) is 0. The van der Waals surface area contributed by atoms with Gasteiger partial charge in [0, 0.05) is 11.3 Å². The molecule has 2 N–H and O–H groups in total. The molecule has 4 aromatic carbocycles. The molecule has 0 bridgehead atoms. The molecule has 5 nitrogen and oxygen atoms in total. The number of ether oxygens (including phenoxy) is 1. The number of carbonyl (C=O) groups is 1. The van der Waals surface area contributed by atoms with Gasteiger partial charge < -0.3 is 10.1 Å². The van der Waals surface area contributed by atoms with Crippen molar-refractivity contribution in [3.05, 3.63) is 87.9 Å². The van der Waals surface area contributed by atoms with Crippen molar-refractivity contribution in [3.8, 4) is 16.3 Å². The lowest BCUT2D eigenvalue weighted by molar-refractivity contribution is 0.0975. The highest BCUT2D eigenvalue weighted by Crippen LogP contribution is 2.37. The average molecular weight is 583 g/mol. The van der Waals surface area contributed by atoms with Gasteiger partial charge in [-0.1, -0.05) is 48.0 Å². The van der Waals surface area contributed by atoms with Crippen molar-refractivity contribution in [2.24, 2.45) is 0 Å². The highest BCUT2D eigenvalue weighted by atomic mass is 79.9. The second-order valence-corrected chi connectivity index (χ2v) is 10.2. The highest BCUT2D eigenvalue weighted by molar-refractivity contribution is 9.10. The van der Waals surface area contributed by atoms with E-state index in [2.05, 4.69) is 31.5 Å². The second-order valence-electron chi connectivity index (χ2n) is 7.58. The third kappa shape index (κ3) is 4.75. The van der Waals surface area contributed by atoms with Gasteiger partial charge in [0.05, 0.1) is 32.4 Å². The van der Waals surface area contributed by atoms with Crippen molar-refractivity contribution in [1.82, 2.24) is 10.3 Å². The molecule has 0 saturated carbocycles. The molecule has 35 heavy (non-hydrogen) atoms. The first kappa shape index (κ1) is 23.7. The van der Waals surface area contributed by atoms with Crippen LogP contribution in [0.1, 0.15) is 10.4 Å². The molecule has 0 atom stereocenters. The topological polar surface area (TPSA) is 63.2 Å². The Balaban J connectivity index is 1.38.